The molecule has 0 aromatic heterocycles. The Morgan fingerprint density at radius 2 is 0.964 bits per heavy atom. The van der Waals surface area contributed by atoms with Gasteiger partial charge in [0, 0.05) is 0 Å². The maximum absolute atomic E-state index is 11.6. The van der Waals surface area contributed by atoms with Crippen molar-refractivity contribution in [2.75, 3.05) is 0 Å². The monoisotopic (exact) mass is 420 g/mol. The molecule has 5 heteroatoms. The number of aliphatic hydroxyl groups excluding tert-OH is 1. The summed E-state index contributed by atoms with van der Waals surface area (Å²) < 4.78 is 32.7. The largest absolute Gasteiger partial charge is 0.393 e. The number of hydrogen-bond acceptors (Lipinski definition) is 3. The van der Waals surface area contributed by atoms with E-state index in [1.807, 2.05) is 6.92 Å². The zero-order valence-electron chi connectivity index (χ0n) is 18.7. The molecule has 0 fully saturated rings. The van der Waals surface area contributed by atoms with E-state index in [0.717, 1.165) is 51.4 Å². The van der Waals surface area contributed by atoms with E-state index in [9.17, 15) is 18.1 Å². The fraction of sp³-hybridized carbons (Fsp3) is 1.00. The average molecular weight is 421 g/mol. The van der Waals surface area contributed by atoms with Gasteiger partial charge in [0.2, 0.25) is 0 Å². The van der Waals surface area contributed by atoms with Crippen molar-refractivity contribution in [1.29, 1.82) is 0 Å². The molecule has 4 nitrogen and oxygen atoms in total. The van der Waals surface area contributed by atoms with Crippen LogP contribution >= 0.6 is 0 Å². The maximum Gasteiger partial charge on any atom is 0.267 e. The molecule has 2 atom stereocenters. The van der Waals surface area contributed by atoms with Gasteiger partial charge in [-0.2, -0.15) is 8.42 Å². The highest BCUT2D eigenvalue weighted by atomic mass is 32.2. The van der Waals surface area contributed by atoms with Crippen LogP contribution in [0, 0.1) is 0 Å². The van der Waals surface area contributed by atoms with E-state index in [4.69, 9.17) is 0 Å². The van der Waals surface area contributed by atoms with Crippen LogP contribution in [0.4, 0.5) is 0 Å². The lowest BCUT2D eigenvalue weighted by Gasteiger charge is -2.13. The molecule has 2 N–H and O–H groups in total. The molecule has 0 rings (SSSR count). The summed E-state index contributed by atoms with van der Waals surface area (Å²) in [5, 5.41) is 8.95. The third-order valence-corrected chi connectivity index (χ3v) is 7.15. The summed E-state index contributed by atoms with van der Waals surface area (Å²) in [6.07, 6.45) is 20.1. The second-order valence-electron chi connectivity index (χ2n) is 8.51. The zero-order chi connectivity index (χ0) is 21.1. The topological polar surface area (TPSA) is 74.6 Å². The molecule has 0 aliphatic carbocycles. The lowest BCUT2D eigenvalue weighted by molar-refractivity contribution is 0.156. The molecule has 0 radical (unpaired) electrons. The van der Waals surface area contributed by atoms with Crippen molar-refractivity contribution >= 4 is 10.1 Å². The van der Waals surface area contributed by atoms with Crippen LogP contribution in [0.2, 0.25) is 0 Å². The van der Waals surface area contributed by atoms with E-state index < -0.39 is 15.4 Å². The SMILES string of the molecule is CCCCCCCCCC(CCCCCCCCCCC(O)CC)S(=O)(=O)O. The quantitative estimate of drug-likeness (QED) is 0.154. The van der Waals surface area contributed by atoms with Crippen LogP contribution in [0.15, 0.2) is 0 Å². The van der Waals surface area contributed by atoms with Gasteiger partial charge in [0.05, 0.1) is 11.4 Å². The molecule has 0 amide bonds. The third-order valence-electron chi connectivity index (χ3n) is 5.84. The van der Waals surface area contributed by atoms with Crippen molar-refractivity contribution in [3.63, 3.8) is 0 Å². The molecule has 170 valence electrons. The fourth-order valence-corrected chi connectivity index (χ4v) is 4.72. The first kappa shape index (κ1) is 27.9. The van der Waals surface area contributed by atoms with Gasteiger partial charge in [-0.15, -0.1) is 0 Å². The van der Waals surface area contributed by atoms with Crippen molar-refractivity contribution in [2.45, 2.75) is 147 Å². The summed E-state index contributed by atoms with van der Waals surface area (Å²) in [5.74, 6) is 0. The molecule has 0 aromatic carbocycles. The van der Waals surface area contributed by atoms with Gasteiger partial charge >= 0.3 is 0 Å². The van der Waals surface area contributed by atoms with E-state index >= 15 is 0 Å². The molecule has 0 heterocycles. The van der Waals surface area contributed by atoms with Crippen LogP contribution in [0.5, 0.6) is 0 Å². The Kier molecular flexibility index (Phi) is 18.8. The molecule has 28 heavy (non-hydrogen) atoms. The summed E-state index contributed by atoms with van der Waals surface area (Å²) in [6, 6.07) is 0. The highest BCUT2D eigenvalue weighted by molar-refractivity contribution is 7.86. The van der Waals surface area contributed by atoms with E-state index in [2.05, 4.69) is 6.92 Å². The minimum absolute atomic E-state index is 0.128. The highest BCUT2D eigenvalue weighted by Crippen LogP contribution is 2.19. The normalized spacial score (nSPS) is 14.3. The zero-order valence-corrected chi connectivity index (χ0v) is 19.5. The van der Waals surface area contributed by atoms with Crippen LogP contribution in [0.25, 0.3) is 0 Å². The predicted octanol–water partition coefficient (Wildman–Crippen LogP) is 7.06. The molecule has 0 bridgehead atoms. The molecule has 0 saturated carbocycles. The first-order valence-electron chi connectivity index (χ1n) is 12.1. The van der Waals surface area contributed by atoms with E-state index in [-0.39, 0.29) is 6.10 Å². The number of rotatable bonds is 21. The van der Waals surface area contributed by atoms with Crippen LogP contribution in [-0.4, -0.2) is 29.4 Å². The third kappa shape index (κ3) is 17.9. The van der Waals surface area contributed by atoms with Crippen molar-refractivity contribution in [2.24, 2.45) is 0 Å². The van der Waals surface area contributed by atoms with Gasteiger partial charge in [0.15, 0.2) is 0 Å². The summed E-state index contributed by atoms with van der Waals surface area (Å²) in [6.45, 7) is 4.23. The second kappa shape index (κ2) is 18.9. The Balaban J connectivity index is 3.66. The number of hydrogen-bond donors (Lipinski definition) is 2. The van der Waals surface area contributed by atoms with Gasteiger partial charge in [0.25, 0.3) is 10.1 Å². The fourth-order valence-electron chi connectivity index (χ4n) is 3.79. The molecule has 0 aliphatic rings. The maximum atomic E-state index is 11.6. The first-order chi connectivity index (χ1) is 13.4. The number of unbranched alkanes of at least 4 members (excludes halogenated alkanes) is 13. The smallest absolute Gasteiger partial charge is 0.267 e. The van der Waals surface area contributed by atoms with Gasteiger partial charge in [-0.05, 0) is 25.7 Å². The van der Waals surface area contributed by atoms with E-state index in [1.54, 1.807) is 0 Å². The molecule has 2 unspecified atom stereocenters. The van der Waals surface area contributed by atoms with Crippen molar-refractivity contribution < 1.29 is 18.1 Å². The number of aliphatic hydroxyl groups is 1. The summed E-state index contributed by atoms with van der Waals surface area (Å²) in [7, 11) is -3.90. The molecule has 0 aromatic rings. The van der Waals surface area contributed by atoms with Crippen LogP contribution < -0.4 is 0 Å². The van der Waals surface area contributed by atoms with Crippen LogP contribution in [-0.2, 0) is 10.1 Å². The molecule has 0 saturated heterocycles. The highest BCUT2D eigenvalue weighted by Gasteiger charge is 2.21. The first-order valence-corrected chi connectivity index (χ1v) is 13.6. The molecular formula is C23H48O4S. The van der Waals surface area contributed by atoms with Gasteiger partial charge < -0.3 is 5.11 Å². The minimum Gasteiger partial charge on any atom is -0.393 e. The summed E-state index contributed by atoms with van der Waals surface area (Å²) in [4.78, 5) is 0. The standard InChI is InChI=1S/C23H48O4S/c1-3-5-6-7-10-14-17-20-23(28(25,26)27)21-18-15-12-9-8-11-13-16-19-22(24)4-2/h22-24H,3-21H2,1-2H3,(H,25,26,27). The lowest BCUT2D eigenvalue weighted by Crippen LogP contribution is -2.20. The van der Waals surface area contributed by atoms with E-state index in [0.29, 0.717) is 12.8 Å². The van der Waals surface area contributed by atoms with Crippen LogP contribution in [0.1, 0.15) is 136 Å². The van der Waals surface area contributed by atoms with E-state index in [1.165, 1.54) is 57.8 Å². The van der Waals surface area contributed by atoms with Gasteiger partial charge in [0.1, 0.15) is 0 Å². The van der Waals surface area contributed by atoms with Gasteiger partial charge in [-0.25, -0.2) is 0 Å². The average Bonchev–Trinajstić information content (AvgIpc) is 2.65. The Hall–Kier alpha value is -0.130. The Morgan fingerprint density at radius 1 is 0.607 bits per heavy atom. The van der Waals surface area contributed by atoms with Crippen LogP contribution in [0.3, 0.4) is 0 Å². The van der Waals surface area contributed by atoms with Gasteiger partial charge in [-0.3, -0.25) is 4.55 Å². The lowest BCUT2D eigenvalue weighted by atomic mass is 10.0. The Labute approximate surface area is 175 Å². The molecular weight excluding hydrogens is 372 g/mol. The molecule has 0 spiro atoms. The molecule has 0 aliphatic heterocycles. The van der Waals surface area contributed by atoms with Crippen molar-refractivity contribution in [3.8, 4) is 0 Å². The Bertz CT molecular complexity index is 422. The minimum atomic E-state index is -3.90. The summed E-state index contributed by atoms with van der Waals surface area (Å²) in [5.41, 5.74) is 0. The second-order valence-corrected chi connectivity index (χ2v) is 10.2. The van der Waals surface area contributed by atoms with Crippen molar-refractivity contribution in [3.05, 3.63) is 0 Å². The predicted molar refractivity (Wildman–Crippen MR) is 120 cm³/mol. The summed E-state index contributed by atoms with van der Waals surface area (Å²) >= 11 is 0. The van der Waals surface area contributed by atoms with Crippen molar-refractivity contribution in [1.82, 2.24) is 0 Å². The van der Waals surface area contributed by atoms with Gasteiger partial charge in [-0.1, -0.05) is 110 Å². The Morgan fingerprint density at radius 3 is 1.32 bits per heavy atom.